The van der Waals surface area contributed by atoms with Crippen LogP contribution in [0.25, 0.3) is 0 Å². The fourth-order valence-corrected chi connectivity index (χ4v) is 2.22. The third kappa shape index (κ3) is 3.81. The maximum absolute atomic E-state index is 11.6. The summed E-state index contributed by atoms with van der Waals surface area (Å²) in [6, 6.07) is 0. The Kier molecular flexibility index (Phi) is 4.56. The summed E-state index contributed by atoms with van der Waals surface area (Å²) in [7, 11) is 0. The van der Waals surface area contributed by atoms with Crippen molar-refractivity contribution in [1.29, 1.82) is 0 Å². The molecule has 0 radical (unpaired) electrons. The lowest BCUT2D eigenvalue weighted by Gasteiger charge is -2.26. The van der Waals surface area contributed by atoms with Gasteiger partial charge in [0.25, 0.3) is 0 Å². The van der Waals surface area contributed by atoms with Gasteiger partial charge in [-0.3, -0.25) is 4.79 Å². The van der Waals surface area contributed by atoms with E-state index in [9.17, 15) is 4.79 Å². The highest BCUT2D eigenvalue weighted by Gasteiger charge is 2.22. The Morgan fingerprint density at radius 3 is 2.60 bits per heavy atom. The van der Waals surface area contributed by atoms with E-state index in [-0.39, 0.29) is 5.92 Å². The molecular weight excluding hydrogens is 184 g/mol. The molecule has 2 atom stereocenters. The van der Waals surface area contributed by atoms with E-state index in [1.807, 2.05) is 13.8 Å². The molecule has 0 aromatic carbocycles. The van der Waals surface area contributed by atoms with Crippen LogP contribution in [0.2, 0.25) is 0 Å². The topological polar surface area (TPSA) is 17.1 Å². The molecule has 0 aliphatic heterocycles. The maximum atomic E-state index is 11.6. The highest BCUT2D eigenvalue weighted by Crippen LogP contribution is 2.31. The Bertz CT molecular complexity index is 250. The zero-order chi connectivity index (χ0) is 11.4. The van der Waals surface area contributed by atoms with Crippen molar-refractivity contribution in [3.05, 3.63) is 11.6 Å². The lowest BCUT2D eigenvalue weighted by molar-refractivity contribution is -0.123. The largest absolute Gasteiger partial charge is 0.299 e. The summed E-state index contributed by atoms with van der Waals surface area (Å²) < 4.78 is 0. The van der Waals surface area contributed by atoms with Gasteiger partial charge in [-0.05, 0) is 38.0 Å². The quantitative estimate of drug-likeness (QED) is 0.639. The molecule has 15 heavy (non-hydrogen) atoms. The smallest absolute Gasteiger partial charge is 0.135 e. The second-order valence-electron chi connectivity index (χ2n) is 5.39. The van der Waals surface area contributed by atoms with E-state index in [0.717, 1.165) is 12.3 Å². The van der Waals surface area contributed by atoms with E-state index in [4.69, 9.17) is 0 Å². The van der Waals surface area contributed by atoms with Crippen molar-refractivity contribution in [3.8, 4) is 0 Å². The van der Waals surface area contributed by atoms with Crippen LogP contribution in [-0.4, -0.2) is 5.78 Å². The second-order valence-corrected chi connectivity index (χ2v) is 5.39. The summed E-state index contributed by atoms with van der Waals surface area (Å²) in [6.07, 6.45) is 6.80. The summed E-state index contributed by atoms with van der Waals surface area (Å²) in [4.78, 5) is 11.6. The number of hydrogen-bond acceptors (Lipinski definition) is 1. The summed E-state index contributed by atoms with van der Waals surface area (Å²) in [5.74, 6) is 1.92. The molecule has 2 unspecified atom stereocenters. The third-order valence-corrected chi connectivity index (χ3v) is 3.65. The van der Waals surface area contributed by atoms with Crippen LogP contribution in [0.3, 0.4) is 0 Å². The van der Waals surface area contributed by atoms with Crippen LogP contribution in [0.1, 0.15) is 53.4 Å². The van der Waals surface area contributed by atoms with E-state index in [1.165, 1.54) is 24.8 Å². The molecule has 0 aromatic heterocycles. The van der Waals surface area contributed by atoms with Gasteiger partial charge in [-0.1, -0.05) is 32.4 Å². The highest BCUT2D eigenvalue weighted by atomic mass is 16.1. The van der Waals surface area contributed by atoms with E-state index in [2.05, 4.69) is 19.9 Å². The molecule has 0 saturated heterocycles. The molecule has 0 N–H and O–H groups in total. The van der Waals surface area contributed by atoms with Crippen molar-refractivity contribution in [3.63, 3.8) is 0 Å². The van der Waals surface area contributed by atoms with Gasteiger partial charge in [-0.25, -0.2) is 0 Å². The van der Waals surface area contributed by atoms with Crippen LogP contribution in [0.5, 0.6) is 0 Å². The number of rotatable bonds is 4. The van der Waals surface area contributed by atoms with Crippen LogP contribution in [0.15, 0.2) is 11.6 Å². The summed E-state index contributed by atoms with van der Waals surface area (Å²) in [6.45, 7) is 8.44. The van der Waals surface area contributed by atoms with Crippen LogP contribution in [-0.2, 0) is 4.79 Å². The van der Waals surface area contributed by atoms with Crippen molar-refractivity contribution in [2.45, 2.75) is 53.4 Å². The Labute approximate surface area is 93.9 Å². The minimum absolute atomic E-state index is 0.202. The lowest BCUT2D eigenvalue weighted by atomic mass is 9.79. The van der Waals surface area contributed by atoms with Gasteiger partial charge >= 0.3 is 0 Å². The third-order valence-electron chi connectivity index (χ3n) is 3.65. The van der Waals surface area contributed by atoms with Crippen LogP contribution in [0, 0.1) is 17.8 Å². The minimum atomic E-state index is 0.202. The summed E-state index contributed by atoms with van der Waals surface area (Å²) in [5, 5.41) is 0. The number of hydrogen-bond donors (Lipinski definition) is 0. The first kappa shape index (κ1) is 12.5. The molecular formula is C14H24O. The SMILES string of the molecule is CC1=CCC(C(C)CC(=O)C(C)C)CC1. The number of allylic oxidation sites excluding steroid dienone is 2. The zero-order valence-electron chi connectivity index (χ0n) is 10.5. The Morgan fingerprint density at radius 1 is 1.47 bits per heavy atom. The molecule has 0 saturated carbocycles. The molecule has 1 rings (SSSR count). The highest BCUT2D eigenvalue weighted by molar-refractivity contribution is 5.80. The van der Waals surface area contributed by atoms with Gasteiger partial charge in [0.2, 0.25) is 0 Å². The van der Waals surface area contributed by atoms with Gasteiger partial charge in [0.05, 0.1) is 0 Å². The van der Waals surface area contributed by atoms with Crippen molar-refractivity contribution >= 4 is 5.78 Å². The van der Waals surface area contributed by atoms with Crippen molar-refractivity contribution in [1.82, 2.24) is 0 Å². The fraction of sp³-hybridized carbons (Fsp3) is 0.786. The van der Waals surface area contributed by atoms with Crippen LogP contribution >= 0.6 is 0 Å². The Morgan fingerprint density at radius 2 is 2.13 bits per heavy atom. The molecule has 1 aliphatic rings. The number of carbonyl (C=O) groups excluding carboxylic acids is 1. The second kappa shape index (κ2) is 5.48. The predicted octanol–water partition coefficient (Wildman–Crippen LogP) is 3.98. The van der Waals surface area contributed by atoms with Crippen molar-refractivity contribution in [2.75, 3.05) is 0 Å². The van der Waals surface area contributed by atoms with Crippen molar-refractivity contribution in [2.24, 2.45) is 17.8 Å². The lowest BCUT2D eigenvalue weighted by Crippen LogP contribution is -2.19. The fourth-order valence-electron chi connectivity index (χ4n) is 2.22. The molecule has 0 fully saturated rings. The first-order valence-electron chi connectivity index (χ1n) is 6.19. The number of carbonyl (C=O) groups is 1. The normalized spacial score (nSPS) is 23.8. The standard InChI is InChI=1S/C14H24O/c1-10(2)14(15)9-12(4)13-7-5-11(3)6-8-13/h5,10,12-13H,6-9H2,1-4H3. The van der Waals surface area contributed by atoms with Gasteiger partial charge in [0, 0.05) is 12.3 Å². The van der Waals surface area contributed by atoms with Gasteiger partial charge in [0.15, 0.2) is 0 Å². The van der Waals surface area contributed by atoms with Gasteiger partial charge in [-0.15, -0.1) is 0 Å². The molecule has 0 heterocycles. The monoisotopic (exact) mass is 208 g/mol. The predicted molar refractivity (Wildman–Crippen MR) is 64.7 cm³/mol. The Hall–Kier alpha value is -0.590. The van der Waals surface area contributed by atoms with Crippen molar-refractivity contribution < 1.29 is 4.79 Å². The molecule has 1 aliphatic carbocycles. The van der Waals surface area contributed by atoms with Gasteiger partial charge in [0.1, 0.15) is 5.78 Å². The van der Waals surface area contributed by atoms with E-state index >= 15 is 0 Å². The van der Waals surface area contributed by atoms with Gasteiger partial charge in [-0.2, -0.15) is 0 Å². The summed E-state index contributed by atoms with van der Waals surface area (Å²) >= 11 is 0. The average Bonchev–Trinajstić information content (AvgIpc) is 2.18. The summed E-state index contributed by atoms with van der Waals surface area (Å²) in [5.41, 5.74) is 1.52. The zero-order valence-corrected chi connectivity index (χ0v) is 10.5. The van der Waals surface area contributed by atoms with E-state index in [1.54, 1.807) is 0 Å². The molecule has 1 nitrogen and oxygen atoms in total. The molecule has 0 spiro atoms. The van der Waals surface area contributed by atoms with Crippen LogP contribution < -0.4 is 0 Å². The number of ketones is 1. The molecule has 0 aromatic rings. The van der Waals surface area contributed by atoms with E-state index < -0.39 is 0 Å². The number of Topliss-reactive ketones (excluding diaryl/α,β-unsaturated/α-hetero) is 1. The molecule has 1 heteroatoms. The molecule has 0 bridgehead atoms. The maximum Gasteiger partial charge on any atom is 0.135 e. The minimum Gasteiger partial charge on any atom is -0.299 e. The first-order chi connectivity index (χ1) is 7.00. The van der Waals surface area contributed by atoms with E-state index in [0.29, 0.717) is 11.7 Å². The average molecular weight is 208 g/mol. The molecule has 0 amide bonds. The Balaban J connectivity index is 2.41. The molecule has 86 valence electrons. The van der Waals surface area contributed by atoms with Gasteiger partial charge < -0.3 is 0 Å². The van der Waals surface area contributed by atoms with Crippen LogP contribution in [0.4, 0.5) is 0 Å². The first-order valence-corrected chi connectivity index (χ1v) is 6.19.